The lowest BCUT2D eigenvalue weighted by molar-refractivity contribution is -0.274. The van der Waals surface area contributed by atoms with E-state index in [4.69, 9.17) is 4.74 Å². The van der Waals surface area contributed by atoms with E-state index in [0.717, 1.165) is 6.07 Å². The Morgan fingerprint density at radius 3 is 2.50 bits per heavy atom. The predicted octanol–water partition coefficient (Wildman–Crippen LogP) is 4.53. The summed E-state index contributed by atoms with van der Waals surface area (Å²) in [7, 11) is 0. The van der Waals surface area contributed by atoms with Gasteiger partial charge in [-0.3, -0.25) is 5.32 Å². The fourth-order valence-corrected chi connectivity index (χ4v) is 1.30. The van der Waals surface area contributed by atoms with Gasteiger partial charge < -0.3 is 9.47 Å². The molecule has 1 rings (SSSR count). The van der Waals surface area contributed by atoms with Crippen LogP contribution in [0.25, 0.3) is 0 Å². The van der Waals surface area contributed by atoms with Crippen molar-refractivity contribution in [2.24, 2.45) is 0 Å². The first-order chi connectivity index (χ1) is 10.2. The van der Waals surface area contributed by atoms with Gasteiger partial charge in [-0.25, -0.2) is 9.18 Å². The van der Waals surface area contributed by atoms with Crippen molar-refractivity contribution in [1.29, 1.82) is 0 Å². The summed E-state index contributed by atoms with van der Waals surface area (Å²) in [5.41, 5.74) is -0.534. The van der Waals surface area contributed by atoms with Crippen LogP contribution in [-0.2, 0) is 4.74 Å². The Balaban J connectivity index is 2.86. The van der Waals surface area contributed by atoms with Gasteiger partial charge in [0, 0.05) is 6.07 Å². The fourth-order valence-electron chi connectivity index (χ4n) is 1.30. The van der Waals surface area contributed by atoms with Gasteiger partial charge in [0.05, 0.1) is 5.69 Å². The van der Waals surface area contributed by atoms with E-state index in [1.807, 2.05) is 5.32 Å². The molecular formula is C14H11F4NO3. The molecule has 0 saturated carbocycles. The van der Waals surface area contributed by atoms with Gasteiger partial charge in [-0.15, -0.1) is 13.2 Å². The van der Waals surface area contributed by atoms with Crippen LogP contribution in [0, 0.1) is 5.82 Å². The maximum absolute atomic E-state index is 13.5. The van der Waals surface area contributed by atoms with E-state index < -0.39 is 29.7 Å². The summed E-state index contributed by atoms with van der Waals surface area (Å²) in [6.07, 6.45) is -2.22. The number of allylic oxidation sites excluding steroid dienone is 3. The second kappa shape index (κ2) is 7.30. The SMILES string of the molecule is C=C/C=C(\C=C)OC(=O)Nc1cc(OC(F)(F)F)ccc1F. The Labute approximate surface area is 123 Å². The van der Waals surface area contributed by atoms with E-state index in [-0.39, 0.29) is 5.76 Å². The van der Waals surface area contributed by atoms with E-state index in [0.29, 0.717) is 12.1 Å². The Bertz CT molecular complexity index is 609. The highest BCUT2D eigenvalue weighted by Crippen LogP contribution is 2.27. The maximum Gasteiger partial charge on any atom is 0.573 e. The number of hydrogen-bond acceptors (Lipinski definition) is 3. The van der Waals surface area contributed by atoms with Crippen molar-refractivity contribution in [3.63, 3.8) is 0 Å². The summed E-state index contributed by atoms with van der Waals surface area (Å²) in [6, 6.07) is 2.16. The van der Waals surface area contributed by atoms with Gasteiger partial charge in [0.2, 0.25) is 0 Å². The lowest BCUT2D eigenvalue weighted by Gasteiger charge is -2.11. The highest BCUT2D eigenvalue weighted by Gasteiger charge is 2.31. The first kappa shape index (κ1) is 17.3. The molecule has 0 bridgehead atoms. The van der Waals surface area contributed by atoms with Crippen LogP contribution in [0.4, 0.5) is 28.0 Å². The smallest absolute Gasteiger partial charge is 0.410 e. The van der Waals surface area contributed by atoms with Gasteiger partial charge >= 0.3 is 12.5 Å². The summed E-state index contributed by atoms with van der Waals surface area (Å²) in [5, 5.41) is 1.95. The van der Waals surface area contributed by atoms with Crippen molar-refractivity contribution in [3.8, 4) is 5.75 Å². The summed E-state index contributed by atoms with van der Waals surface area (Å²) in [5.74, 6) is -1.62. The largest absolute Gasteiger partial charge is 0.573 e. The van der Waals surface area contributed by atoms with Crippen LogP contribution in [0.5, 0.6) is 5.75 Å². The molecule has 4 nitrogen and oxygen atoms in total. The molecule has 1 aromatic carbocycles. The first-order valence-corrected chi connectivity index (χ1v) is 5.74. The van der Waals surface area contributed by atoms with Gasteiger partial charge in [-0.05, 0) is 24.3 Å². The highest BCUT2D eigenvalue weighted by molar-refractivity contribution is 5.86. The summed E-state index contributed by atoms with van der Waals surface area (Å²) < 4.78 is 58.1. The molecule has 1 N–H and O–H groups in total. The standard InChI is InChI=1S/C14H11F4NO3/c1-3-5-9(4-2)21-13(20)19-12-8-10(6-7-11(12)15)22-14(16,17)18/h3-8H,1-2H2,(H,19,20)/b9-5+. The zero-order valence-corrected chi connectivity index (χ0v) is 11.1. The van der Waals surface area contributed by atoms with E-state index in [1.54, 1.807) is 0 Å². The number of rotatable bonds is 5. The number of halogens is 4. The fraction of sp³-hybridized carbons (Fsp3) is 0.0714. The number of amides is 1. The molecule has 0 unspecified atom stereocenters. The molecule has 0 aliphatic rings. The molecule has 8 heteroatoms. The van der Waals surface area contributed by atoms with Crippen LogP contribution in [0.2, 0.25) is 0 Å². The summed E-state index contributed by atoms with van der Waals surface area (Å²) in [4.78, 5) is 11.5. The molecule has 0 radical (unpaired) electrons. The highest BCUT2D eigenvalue weighted by atomic mass is 19.4. The minimum atomic E-state index is -4.93. The second-order valence-electron chi connectivity index (χ2n) is 3.71. The predicted molar refractivity (Wildman–Crippen MR) is 71.7 cm³/mol. The first-order valence-electron chi connectivity index (χ1n) is 5.74. The van der Waals surface area contributed by atoms with E-state index in [9.17, 15) is 22.4 Å². The second-order valence-corrected chi connectivity index (χ2v) is 3.71. The molecular weight excluding hydrogens is 306 g/mol. The minimum Gasteiger partial charge on any atom is -0.410 e. The molecule has 0 aliphatic heterocycles. The Kier molecular flexibility index (Phi) is 5.73. The number of benzene rings is 1. The number of ether oxygens (including phenoxy) is 2. The molecule has 118 valence electrons. The Morgan fingerprint density at radius 1 is 1.27 bits per heavy atom. The zero-order valence-electron chi connectivity index (χ0n) is 11.1. The molecule has 0 spiro atoms. The van der Waals surface area contributed by atoms with Gasteiger partial charge in [-0.1, -0.05) is 19.2 Å². The molecule has 1 aromatic rings. The van der Waals surface area contributed by atoms with Crippen molar-refractivity contribution in [2.45, 2.75) is 6.36 Å². The Hall–Kier alpha value is -2.77. The van der Waals surface area contributed by atoms with Crippen LogP contribution in [0.1, 0.15) is 0 Å². The van der Waals surface area contributed by atoms with Gasteiger partial charge in [0.15, 0.2) is 0 Å². The number of alkyl halides is 3. The number of hydrogen-bond donors (Lipinski definition) is 1. The number of anilines is 1. The normalized spacial score (nSPS) is 11.5. The third-order valence-electron chi connectivity index (χ3n) is 2.10. The lowest BCUT2D eigenvalue weighted by Crippen LogP contribution is -2.18. The molecule has 0 atom stereocenters. The van der Waals surface area contributed by atoms with Crippen LogP contribution in [0.15, 0.2) is 55.3 Å². The minimum absolute atomic E-state index is 0.0237. The average Bonchev–Trinajstić information content (AvgIpc) is 2.40. The van der Waals surface area contributed by atoms with Crippen molar-refractivity contribution in [3.05, 3.63) is 61.2 Å². The topological polar surface area (TPSA) is 47.6 Å². The Morgan fingerprint density at radius 2 is 1.95 bits per heavy atom. The van der Waals surface area contributed by atoms with Crippen molar-refractivity contribution < 1.29 is 31.8 Å². The molecule has 0 saturated heterocycles. The summed E-state index contributed by atoms with van der Waals surface area (Å²) >= 11 is 0. The number of carbonyl (C=O) groups is 1. The van der Waals surface area contributed by atoms with Crippen LogP contribution in [-0.4, -0.2) is 12.5 Å². The molecule has 0 aromatic heterocycles. The van der Waals surface area contributed by atoms with Crippen molar-refractivity contribution in [1.82, 2.24) is 0 Å². The summed E-state index contributed by atoms with van der Waals surface area (Å²) in [6.45, 7) is 6.75. The van der Waals surface area contributed by atoms with Gasteiger partial charge in [-0.2, -0.15) is 0 Å². The van der Waals surface area contributed by atoms with Crippen LogP contribution in [0.3, 0.4) is 0 Å². The molecule has 0 aliphatic carbocycles. The van der Waals surface area contributed by atoms with Crippen molar-refractivity contribution in [2.75, 3.05) is 5.32 Å². The third-order valence-corrected chi connectivity index (χ3v) is 2.10. The van der Waals surface area contributed by atoms with Crippen molar-refractivity contribution >= 4 is 11.8 Å². The van der Waals surface area contributed by atoms with E-state index in [2.05, 4.69) is 17.9 Å². The molecule has 22 heavy (non-hydrogen) atoms. The van der Waals surface area contributed by atoms with E-state index in [1.165, 1.54) is 18.2 Å². The molecule has 0 heterocycles. The molecule has 0 fully saturated rings. The third kappa shape index (κ3) is 5.70. The van der Waals surface area contributed by atoms with Crippen LogP contribution >= 0.6 is 0 Å². The lowest BCUT2D eigenvalue weighted by atomic mass is 10.3. The zero-order chi connectivity index (χ0) is 16.8. The monoisotopic (exact) mass is 317 g/mol. The van der Waals surface area contributed by atoms with Gasteiger partial charge in [0.25, 0.3) is 0 Å². The maximum atomic E-state index is 13.5. The average molecular weight is 317 g/mol. The van der Waals surface area contributed by atoms with E-state index >= 15 is 0 Å². The number of nitrogens with one attached hydrogen (secondary N) is 1. The molecule has 1 amide bonds. The number of carbonyl (C=O) groups excluding carboxylic acids is 1. The van der Waals surface area contributed by atoms with Gasteiger partial charge in [0.1, 0.15) is 17.3 Å². The van der Waals surface area contributed by atoms with Crippen LogP contribution < -0.4 is 10.1 Å². The quantitative estimate of drug-likeness (QED) is 0.493.